The number of benzene rings is 2. The van der Waals surface area contributed by atoms with E-state index in [4.69, 9.17) is 0 Å². The van der Waals surface area contributed by atoms with Gasteiger partial charge in [-0.05, 0) is 11.5 Å². The van der Waals surface area contributed by atoms with Crippen LogP contribution in [0.5, 0.6) is 0 Å². The number of nitrogens with zero attached hydrogens (tertiary/aromatic N) is 1. The van der Waals surface area contributed by atoms with Crippen molar-refractivity contribution in [2.45, 2.75) is 0 Å². The summed E-state index contributed by atoms with van der Waals surface area (Å²) >= 11 is 1.60. The molecule has 0 fully saturated rings. The maximum Gasteiger partial charge on any atom is 0.187 e. The number of hydrogen-bond acceptors (Lipinski definition) is 3. The van der Waals surface area contributed by atoms with Crippen LogP contribution < -0.4 is 5.32 Å². The van der Waals surface area contributed by atoms with Gasteiger partial charge in [0.25, 0.3) is 0 Å². The molecule has 0 aliphatic heterocycles. The normalized spacial score (nSPS) is 10.5. The van der Waals surface area contributed by atoms with E-state index in [9.17, 15) is 0 Å². The number of thiazole rings is 1. The summed E-state index contributed by atoms with van der Waals surface area (Å²) in [4.78, 5) is 4.23. The maximum atomic E-state index is 4.23. The highest BCUT2D eigenvalue weighted by Crippen LogP contribution is 2.26. The molecule has 2 nitrogen and oxygen atoms in total. The van der Waals surface area contributed by atoms with Gasteiger partial charge in [-0.25, -0.2) is 4.98 Å². The summed E-state index contributed by atoms with van der Waals surface area (Å²) in [6.07, 6.45) is 1.80. The minimum atomic E-state index is 0.927. The van der Waals surface area contributed by atoms with Crippen molar-refractivity contribution < 1.29 is 0 Å². The molecule has 0 saturated carbocycles. The molecule has 0 radical (unpaired) electrons. The summed E-state index contributed by atoms with van der Waals surface area (Å²) in [5, 5.41) is 8.69. The third-order valence-electron chi connectivity index (χ3n) is 2.46. The summed E-state index contributed by atoms with van der Waals surface area (Å²) in [7, 11) is 0. The van der Waals surface area contributed by atoms with Crippen molar-refractivity contribution in [2.24, 2.45) is 0 Å². The third kappa shape index (κ3) is 1.66. The lowest BCUT2D eigenvalue weighted by atomic mass is 10.1. The number of aromatic nitrogens is 1. The molecule has 2 aromatic carbocycles. The number of hydrogen-bond donors (Lipinski definition) is 1. The van der Waals surface area contributed by atoms with Gasteiger partial charge in [0.1, 0.15) is 0 Å². The molecular weight excluding hydrogens is 216 g/mol. The van der Waals surface area contributed by atoms with Crippen molar-refractivity contribution in [3.05, 3.63) is 54.0 Å². The van der Waals surface area contributed by atoms with Gasteiger partial charge in [0.15, 0.2) is 5.13 Å². The second-order valence-corrected chi connectivity index (χ2v) is 4.38. The van der Waals surface area contributed by atoms with E-state index in [-0.39, 0.29) is 0 Å². The van der Waals surface area contributed by atoms with Crippen LogP contribution in [0.1, 0.15) is 0 Å². The SMILES string of the molecule is c1ccc2c(Nc3nccs3)cccc2c1. The molecule has 0 spiro atoms. The number of fused-ring (bicyclic) bond motifs is 1. The van der Waals surface area contributed by atoms with E-state index in [1.807, 2.05) is 5.38 Å². The van der Waals surface area contributed by atoms with Crippen molar-refractivity contribution in [3.63, 3.8) is 0 Å². The molecule has 0 atom stereocenters. The van der Waals surface area contributed by atoms with Crippen molar-refractivity contribution in [1.29, 1.82) is 0 Å². The van der Waals surface area contributed by atoms with E-state index < -0.39 is 0 Å². The Morgan fingerprint density at radius 3 is 2.75 bits per heavy atom. The molecule has 0 saturated heterocycles. The second-order valence-electron chi connectivity index (χ2n) is 3.49. The first-order valence-electron chi connectivity index (χ1n) is 5.08. The average molecular weight is 226 g/mol. The quantitative estimate of drug-likeness (QED) is 0.713. The van der Waals surface area contributed by atoms with Gasteiger partial charge in [0.2, 0.25) is 0 Å². The molecule has 0 aliphatic carbocycles. The highest BCUT2D eigenvalue weighted by molar-refractivity contribution is 7.13. The molecule has 78 valence electrons. The summed E-state index contributed by atoms with van der Waals surface area (Å²) in [5.74, 6) is 0. The Balaban J connectivity index is 2.10. The molecule has 3 rings (SSSR count). The van der Waals surface area contributed by atoms with Gasteiger partial charge >= 0.3 is 0 Å². The molecule has 3 heteroatoms. The zero-order valence-corrected chi connectivity index (χ0v) is 9.37. The Morgan fingerprint density at radius 1 is 1.00 bits per heavy atom. The fourth-order valence-corrected chi connectivity index (χ4v) is 2.28. The van der Waals surface area contributed by atoms with E-state index >= 15 is 0 Å². The lowest BCUT2D eigenvalue weighted by Crippen LogP contribution is -1.89. The Labute approximate surface area is 97.6 Å². The molecule has 3 aromatic rings. The van der Waals surface area contributed by atoms with Crippen LogP contribution in [0.3, 0.4) is 0 Å². The Bertz CT molecular complexity index is 597. The molecule has 0 unspecified atom stereocenters. The highest BCUT2D eigenvalue weighted by Gasteiger charge is 2.01. The zero-order chi connectivity index (χ0) is 10.8. The summed E-state index contributed by atoms with van der Waals surface area (Å²) in [6.45, 7) is 0. The summed E-state index contributed by atoms with van der Waals surface area (Å²) in [5.41, 5.74) is 1.10. The van der Waals surface area contributed by atoms with Gasteiger partial charge in [-0.1, -0.05) is 36.4 Å². The molecule has 0 amide bonds. The van der Waals surface area contributed by atoms with Crippen LogP contribution in [-0.4, -0.2) is 4.98 Å². The molecule has 1 N–H and O–H groups in total. The number of rotatable bonds is 2. The lowest BCUT2D eigenvalue weighted by molar-refractivity contribution is 1.40. The van der Waals surface area contributed by atoms with Crippen LogP contribution in [0.4, 0.5) is 10.8 Å². The van der Waals surface area contributed by atoms with Crippen molar-refractivity contribution in [3.8, 4) is 0 Å². The first-order chi connectivity index (χ1) is 7.93. The largest absolute Gasteiger partial charge is 0.331 e. The van der Waals surface area contributed by atoms with Crippen LogP contribution in [0.2, 0.25) is 0 Å². The smallest absolute Gasteiger partial charge is 0.187 e. The Kier molecular flexibility index (Phi) is 2.31. The van der Waals surface area contributed by atoms with Gasteiger partial charge in [-0.3, -0.25) is 0 Å². The summed E-state index contributed by atoms with van der Waals surface area (Å²) < 4.78 is 0. The standard InChI is InChI=1S/C13H10N2S/c1-2-6-11-10(4-1)5-3-7-12(11)15-13-14-8-9-16-13/h1-9H,(H,14,15). The minimum Gasteiger partial charge on any atom is -0.331 e. The number of anilines is 2. The molecule has 0 bridgehead atoms. The number of nitrogens with one attached hydrogen (secondary N) is 1. The van der Waals surface area contributed by atoms with E-state index in [0.29, 0.717) is 0 Å². The van der Waals surface area contributed by atoms with E-state index in [2.05, 4.69) is 52.8 Å². The van der Waals surface area contributed by atoms with E-state index in [1.54, 1.807) is 17.5 Å². The van der Waals surface area contributed by atoms with Crippen LogP contribution in [-0.2, 0) is 0 Å². The van der Waals surface area contributed by atoms with Crippen LogP contribution in [0.25, 0.3) is 10.8 Å². The predicted octanol–water partition coefficient (Wildman–Crippen LogP) is 4.04. The zero-order valence-electron chi connectivity index (χ0n) is 8.55. The monoisotopic (exact) mass is 226 g/mol. The maximum absolute atomic E-state index is 4.23. The Morgan fingerprint density at radius 2 is 1.88 bits per heavy atom. The van der Waals surface area contributed by atoms with Crippen molar-refractivity contribution in [1.82, 2.24) is 4.98 Å². The van der Waals surface area contributed by atoms with Crippen molar-refractivity contribution >= 4 is 32.9 Å². The van der Waals surface area contributed by atoms with Crippen LogP contribution >= 0.6 is 11.3 Å². The van der Waals surface area contributed by atoms with Crippen LogP contribution in [0.15, 0.2) is 54.0 Å². The van der Waals surface area contributed by atoms with Gasteiger partial charge in [0.05, 0.1) is 0 Å². The van der Waals surface area contributed by atoms with Gasteiger partial charge in [-0.15, -0.1) is 11.3 Å². The Hall–Kier alpha value is -1.87. The second kappa shape index (κ2) is 3.94. The molecule has 1 aromatic heterocycles. The van der Waals surface area contributed by atoms with E-state index in [0.717, 1.165) is 10.8 Å². The fourth-order valence-electron chi connectivity index (χ4n) is 1.73. The van der Waals surface area contributed by atoms with Gasteiger partial charge in [-0.2, -0.15) is 0 Å². The minimum absolute atomic E-state index is 0.927. The van der Waals surface area contributed by atoms with Gasteiger partial charge < -0.3 is 5.32 Å². The lowest BCUT2D eigenvalue weighted by Gasteiger charge is -2.06. The van der Waals surface area contributed by atoms with Crippen LogP contribution in [0, 0.1) is 0 Å². The van der Waals surface area contributed by atoms with Gasteiger partial charge in [0, 0.05) is 22.7 Å². The molecule has 0 aliphatic rings. The highest BCUT2D eigenvalue weighted by atomic mass is 32.1. The molecule has 1 heterocycles. The van der Waals surface area contributed by atoms with Crippen molar-refractivity contribution in [2.75, 3.05) is 5.32 Å². The third-order valence-corrected chi connectivity index (χ3v) is 3.15. The predicted molar refractivity (Wildman–Crippen MR) is 69.3 cm³/mol. The molecular formula is C13H10N2S. The summed E-state index contributed by atoms with van der Waals surface area (Å²) in [6, 6.07) is 14.6. The average Bonchev–Trinajstić information content (AvgIpc) is 2.82. The first kappa shape index (κ1) is 9.36. The fraction of sp³-hybridized carbons (Fsp3) is 0. The van der Waals surface area contributed by atoms with E-state index in [1.165, 1.54) is 10.8 Å². The molecule has 16 heavy (non-hydrogen) atoms. The topological polar surface area (TPSA) is 24.9 Å². The first-order valence-corrected chi connectivity index (χ1v) is 5.96.